The Morgan fingerprint density at radius 2 is 1.96 bits per heavy atom. The summed E-state index contributed by atoms with van der Waals surface area (Å²) < 4.78 is 12.1. The summed E-state index contributed by atoms with van der Waals surface area (Å²) in [6.07, 6.45) is 3.45. The van der Waals surface area contributed by atoms with Gasteiger partial charge in [-0.25, -0.2) is 4.79 Å². The van der Waals surface area contributed by atoms with Gasteiger partial charge in [0.2, 0.25) is 5.76 Å². The highest BCUT2D eigenvalue weighted by Gasteiger charge is 2.17. The van der Waals surface area contributed by atoms with Gasteiger partial charge in [0.15, 0.2) is 6.61 Å². The van der Waals surface area contributed by atoms with E-state index in [0.29, 0.717) is 12.3 Å². The number of amides is 1. The molecule has 128 valence electrons. The number of hydrogen-bond donors (Lipinski definition) is 0. The van der Waals surface area contributed by atoms with Gasteiger partial charge in [0.1, 0.15) is 5.76 Å². The van der Waals surface area contributed by atoms with E-state index in [-0.39, 0.29) is 18.3 Å². The van der Waals surface area contributed by atoms with Crippen LogP contribution in [-0.4, -0.2) is 35.3 Å². The van der Waals surface area contributed by atoms with Crippen molar-refractivity contribution >= 4 is 17.6 Å². The molecule has 0 fully saturated rings. The van der Waals surface area contributed by atoms with E-state index in [0.717, 1.165) is 5.69 Å². The lowest BCUT2D eigenvalue weighted by atomic mass is 10.3. The Labute approximate surface area is 144 Å². The van der Waals surface area contributed by atoms with E-state index in [1.807, 2.05) is 18.2 Å². The molecule has 2 heterocycles. The largest absolute Gasteiger partial charge is 0.452 e. The SMILES string of the molecule is CN(C(=O)COC(=O)c1ccc(Cn2cccn2)o1)c1ccccc1. The number of likely N-dealkylation sites (N-methyl/N-ethyl adjacent to an activating group) is 1. The van der Waals surface area contributed by atoms with Crippen LogP contribution < -0.4 is 4.90 Å². The van der Waals surface area contributed by atoms with E-state index in [1.165, 1.54) is 11.0 Å². The summed E-state index contributed by atoms with van der Waals surface area (Å²) in [7, 11) is 1.63. The number of carbonyl (C=O) groups excluding carboxylic acids is 2. The fraction of sp³-hybridized carbons (Fsp3) is 0.167. The zero-order chi connectivity index (χ0) is 17.6. The Morgan fingerprint density at radius 1 is 1.16 bits per heavy atom. The first-order valence-electron chi connectivity index (χ1n) is 7.68. The number of para-hydroxylation sites is 1. The maximum absolute atomic E-state index is 12.1. The number of hydrogen-bond acceptors (Lipinski definition) is 5. The molecule has 0 atom stereocenters. The van der Waals surface area contributed by atoms with E-state index in [4.69, 9.17) is 9.15 Å². The highest BCUT2D eigenvalue weighted by Crippen LogP contribution is 2.13. The number of benzene rings is 1. The molecular weight excluding hydrogens is 322 g/mol. The molecule has 2 aromatic heterocycles. The van der Waals surface area contributed by atoms with Gasteiger partial charge in [-0.15, -0.1) is 0 Å². The van der Waals surface area contributed by atoms with Crippen molar-refractivity contribution in [1.29, 1.82) is 0 Å². The van der Waals surface area contributed by atoms with Crippen LogP contribution in [-0.2, 0) is 16.1 Å². The first-order valence-corrected chi connectivity index (χ1v) is 7.68. The highest BCUT2D eigenvalue weighted by molar-refractivity contribution is 5.96. The summed E-state index contributed by atoms with van der Waals surface area (Å²) in [5.74, 6) is -0.384. The van der Waals surface area contributed by atoms with Gasteiger partial charge in [-0.2, -0.15) is 5.10 Å². The monoisotopic (exact) mass is 339 g/mol. The summed E-state index contributed by atoms with van der Waals surface area (Å²) in [6.45, 7) is 0.0510. The van der Waals surface area contributed by atoms with Crippen LogP contribution in [0.1, 0.15) is 16.3 Å². The first kappa shape index (κ1) is 16.5. The second-order valence-corrected chi connectivity index (χ2v) is 5.33. The quantitative estimate of drug-likeness (QED) is 0.644. The van der Waals surface area contributed by atoms with Gasteiger partial charge in [-0.1, -0.05) is 18.2 Å². The third kappa shape index (κ3) is 4.14. The van der Waals surface area contributed by atoms with Crippen LogP contribution in [0.5, 0.6) is 0 Å². The molecule has 0 unspecified atom stereocenters. The second kappa shape index (κ2) is 7.48. The average Bonchev–Trinajstić information content (AvgIpc) is 3.32. The molecule has 1 amide bonds. The van der Waals surface area contributed by atoms with Gasteiger partial charge in [0.25, 0.3) is 5.91 Å². The summed E-state index contributed by atoms with van der Waals surface area (Å²) in [6, 6.07) is 14.1. The van der Waals surface area contributed by atoms with E-state index in [9.17, 15) is 9.59 Å². The Balaban J connectivity index is 1.54. The van der Waals surface area contributed by atoms with Gasteiger partial charge < -0.3 is 14.1 Å². The van der Waals surface area contributed by atoms with Gasteiger partial charge in [-0.3, -0.25) is 9.48 Å². The van der Waals surface area contributed by atoms with Crippen LogP contribution in [0.2, 0.25) is 0 Å². The molecule has 3 aromatic rings. The van der Waals surface area contributed by atoms with Crippen molar-refractivity contribution in [2.24, 2.45) is 0 Å². The number of rotatable bonds is 6. The minimum absolute atomic E-state index is 0.0531. The molecule has 0 aliphatic rings. The Kier molecular flexibility index (Phi) is 4.94. The molecule has 0 saturated carbocycles. The molecule has 0 bridgehead atoms. The molecule has 25 heavy (non-hydrogen) atoms. The van der Waals surface area contributed by atoms with Gasteiger partial charge >= 0.3 is 5.97 Å². The highest BCUT2D eigenvalue weighted by atomic mass is 16.5. The normalized spacial score (nSPS) is 10.4. The molecule has 0 saturated heterocycles. The van der Waals surface area contributed by atoms with E-state index >= 15 is 0 Å². The lowest BCUT2D eigenvalue weighted by molar-refractivity contribution is -0.121. The Hall–Kier alpha value is -3.35. The molecule has 0 aliphatic heterocycles. The number of aromatic nitrogens is 2. The fourth-order valence-electron chi connectivity index (χ4n) is 2.22. The summed E-state index contributed by atoms with van der Waals surface area (Å²) in [5, 5.41) is 4.06. The molecule has 0 N–H and O–H groups in total. The van der Waals surface area contributed by atoms with E-state index in [2.05, 4.69) is 5.10 Å². The van der Waals surface area contributed by atoms with Crippen LogP contribution in [0.4, 0.5) is 5.69 Å². The van der Waals surface area contributed by atoms with Crippen molar-refractivity contribution < 1.29 is 18.7 Å². The van der Waals surface area contributed by atoms with Gasteiger partial charge in [0, 0.05) is 25.1 Å². The van der Waals surface area contributed by atoms with Crippen LogP contribution in [0.25, 0.3) is 0 Å². The second-order valence-electron chi connectivity index (χ2n) is 5.33. The smallest absolute Gasteiger partial charge is 0.374 e. The van der Waals surface area contributed by atoms with Crippen molar-refractivity contribution in [3.05, 3.63) is 72.4 Å². The van der Waals surface area contributed by atoms with Gasteiger partial charge in [0.05, 0.1) is 6.54 Å². The Morgan fingerprint density at radius 3 is 2.68 bits per heavy atom. The van der Waals surface area contributed by atoms with Crippen molar-refractivity contribution in [1.82, 2.24) is 9.78 Å². The number of furan rings is 1. The van der Waals surface area contributed by atoms with Crippen LogP contribution in [0, 0.1) is 0 Å². The van der Waals surface area contributed by atoms with Gasteiger partial charge in [-0.05, 0) is 30.3 Å². The topological polar surface area (TPSA) is 77.6 Å². The predicted octanol–water partition coefficient (Wildman–Crippen LogP) is 2.34. The minimum Gasteiger partial charge on any atom is -0.452 e. The maximum atomic E-state index is 12.1. The van der Waals surface area contributed by atoms with Crippen molar-refractivity contribution in [2.45, 2.75) is 6.54 Å². The van der Waals surface area contributed by atoms with Crippen LogP contribution in [0.15, 0.2) is 65.3 Å². The molecular formula is C18H17N3O4. The summed E-state index contributed by atoms with van der Waals surface area (Å²) in [5.41, 5.74) is 0.725. The number of anilines is 1. The van der Waals surface area contributed by atoms with Crippen molar-refractivity contribution in [3.8, 4) is 0 Å². The molecule has 0 aliphatic carbocycles. The lowest BCUT2D eigenvalue weighted by Crippen LogP contribution is -2.31. The van der Waals surface area contributed by atoms with Crippen molar-refractivity contribution in [3.63, 3.8) is 0 Å². The molecule has 0 radical (unpaired) electrons. The lowest BCUT2D eigenvalue weighted by Gasteiger charge is -2.16. The van der Waals surface area contributed by atoms with Crippen LogP contribution in [0.3, 0.4) is 0 Å². The summed E-state index contributed by atoms with van der Waals surface area (Å²) in [4.78, 5) is 25.5. The summed E-state index contributed by atoms with van der Waals surface area (Å²) >= 11 is 0. The zero-order valence-electron chi connectivity index (χ0n) is 13.7. The Bertz CT molecular complexity index is 840. The number of carbonyl (C=O) groups is 2. The average molecular weight is 339 g/mol. The van der Waals surface area contributed by atoms with Crippen molar-refractivity contribution in [2.75, 3.05) is 18.6 Å². The molecule has 1 aromatic carbocycles. The molecule has 7 nitrogen and oxygen atoms in total. The minimum atomic E-state index is -0.679. The standard InChI is InChI=1S/C18H17N3O4/c1-20(14-6-3-2-4-7-14)17(22)13-24-18(23)16-9-8-15(25-16)12-21-11-5-10-19-21/h2-11H,12-13H2,1H3. The first-order chi connectivity index (χ1) is 12.1. The van der Waals surface area contributed by atoms with E-state index in [1.54, 1.807) is 48.4 Å². The fourth-order valence-corrected chi connectivity index (χ4v) is 2.22. The number of esters is 1. The predicted molar refractivity (Wildman–Crippen MR) is 90.2 cm³/mol. The zero-order valence-corrected chi connectivity index (χ0v) is 13.7. The molecule has 3 rings (SSSR count). The molecule has 7 heteroatoms. The molecule has 0 spiro atoms. The number of nitrogens with zero attached hydrogens (tertiary/aromatic N) is 3. The maximum Gasteiger partial charge on any atom is 0.374 e. The number of ether oxygens (including phenoxy) is 1. The third-order valence-corrected chi connectivity index (χ3v) is 3.58. The van der Waals surface area contributed by atoms with Crippen LogP contribution >= 0.6 is 0 Å². The van der Waals surface area contributed by atoms with E-state index < -0.39 is 5.97 Å². The third-order valence-electron chi connectivity index (χ3n) is 3.58.